The minimum absolute atomic E-state index is 0.349. The van der Waals surface area contributed by atoms with Crippen molar-refractivity contribution in [3.63, 3.8) is 0 Å². The van der Waals surface area contributed by atoms with Gasteiger partial charge in [-0.1, -0.05) is 0 Å². The number of hydrogen-bond acceptors (Lipinski definition) is 4. The van der Waals surface area contributed by atoms with E-state index in [1.807, 2.05) is 0 Å². The molecule has 0 atom stereocenters. The van der Waals surface area contributed by atoms with Crippen LogP contribution >= 0.6 is 0 Å². The van der Waals surface area contributed by atoms with Crippen LogP contribution in [0.5, 0.6) is 0 Å². The number of aromatic nitrogens is 2. The van der Waals surface area contributed by atoms with Crippen LogP contribution in [-0.2, 0) is 11.3 Å². The normalized spacial score (nSPS) is 10.6. The van der Waals surface area contributed by atoms with Crippen molar-refractivity contribution in [3.8, 4) is 11.5 Å². The van der Waals surface area contributed by atoms with Crippen LogP contribution in [0.3, 0.4) is 0 Å². The molecular formula is C11H12N2O4. The van der Waals surface area contributed by atoms with Gasteiger partial charge in [0, 0.05) is 13.2 Å². The molecule has 6 nitrogen and oxygen atoms in total. The summed E-state index contributed by atoms with van der Waals surface area (Å²) in [4.78, 5) is 25.2. The van der Waals surface area contributed by atoms with Crippen molar-refractivity contribution >= 4 is 0 Å². The highest BCUT2D eigenvalue weighted by atomic mass is 16.5. The molecule has 2 aromatic rings. The van der Waals surface area contributed by atoms with Gasteiger partial charge in [0.25, 0.3) is 5.56 Å². The molecule has 0 spiro atoms. The molecule has 2 rings (SSSR count). The van der Waals surface area contributed by atoms with E-state index in [-0.39, 0.29) is 0 Å². The average molecular weight is 236 g/mol. The fourth-order valence-corrected chi connectivity index (χ4v) is 1.55. The lowest BCUT2D eigenvalue weighted by atomic mass is 10.3. The summed E-state index contributed by atoms with van der Waals surface area (Å²) in [5.41, 5.74) is -0.475. The maximum atomic E-state index is 11.7. The van der Waals surface area contributed by atoms with E-state index in [2.05, 4.69) is 4.98 Å². The lowest BCUT2D eigenvalue weighted by molar-refractivity contribution is 0.186. The minimum Gasteiger partial charge on any atom is -0.463 e. The first-order valence-electron chi connectivity index (χ1n) is 5.09. The number of nitrogens with zero attached hydrogens (tertiary/aromatic N) is 1. The van der Waals surface area contributed by atoms with Crippen LogP contribution < -0.4 is 11.2 Å². The lowest BCUT2D eigenvalue weighted by Crippen LogP contribution is -2.31. The Hall–Kier alpha value is -2.08. The van der Waals surface area contributed by atoms with Gasteiger partial charge in [0.1, 0.15) is 0 Å². The Morgan fingerprint density at radius 2 is 2.29 bits per heavy atom. The molecule has 0 amide bonds. The van der Waals surface area contributed by atoms with Gasteiger partial charge in [-0.2, -0.15) is 0 Å². The van der Waals surface area contributed by atoms with Crippen molar-refractivity contribution in [2.75, 3.05) is 13.7 Å². The number of rotatable bonds is 4. The van der Waals surface area contributed by atoms with E-state index in [4.69, 9.17) is 9.15 Å². The van der Waals surface area contributed by atoms with Gasteiger partial charge >= 0.3 is 5.69 Å². The van der Waals surface area contributed by atoms with Crippen LogP contribution in [0.4, 0.5) is 0 Å². The molecule has 17 heavy (non-hydrogen) atoms. The van der Waals surface area contributed by atoms with Gasteiger partial charge in [0.05, 0.1) is 25.1 Å². The summed E-state index contributed by atoms with van der Waals surface area (Å²) in [7, 11) is 1.54. The van der Waals surface area contributed by atoms with Crippen LogP contribution in [0.2, 0.25) is 0 Å². The Labute approximate surface area is 96.5 Å². The van der Waals surface area contributed by atoms with Gasteiger partial charge < -0.3 is 9.15 Å². The van der Waals surface area contributed by atoms with E-state index in [0.717, 1.165) is 0 Å². The Morgan fingerprint density at radius 1 is 1.47 bits per heavy atom. The predicted molar refractivity (Wildman–Crippen MR) is 60.9 cm³/mol. The summed E-state index contributed by atoms with van der Waals surface area (Å²) < 4.78 is 11.5. The molecule has 0 aliphatic rings. The molecule has 6 heteroatoms. The monoisotopic (exact) mass is 236 g/mol. The maximum Gasteiger partial charge on any atom is 0.328 e. The van der Waals surface area contributed by atoms with Crippen LogP contribution in [0, 0.1) is 0 Å². The molecule has 0 radical (unpaired) electrons. The molecular weight excluding hydrogens is 224 g/mol. The second-order valence-electron chi connectivity index (χ2n) is 3.45. The number of hydrogen-bond donors (Lipinski definition) is 1. The summed E-state index contributed by atoms with van der Waals surface area (Å²) in [6, 6.07) is 4.72. The molecule has 2 aromatic heterocycles. The highest BCUT2D eigenvalue weighted by Gasteiger charge is 2.10. The van der Waals surface area contributed by atoms with E-state index >= 15 is 0 Å². The topological polar surface area (TPSA) is 77.2 Å². The Morgan fingerprint density at radius 3 is 2.94 bits per heavy atom. The SMILES string of the molecule is COCCn1c(-c2ccco2)cc(=O)[nH]c1=O. The zero-order chi connectivity index (χ0) is 12.3. The second-order valence-corrected chi connectivity index (χ2v) is 3.45. The van der Waals surface area contributed by atoms with Crippen LogP contribution in [0.1, 0.15) is 0 Å². The number of methoxy groups -OCH3 is 1. The molecule has 90 valence electrons. The average Bonchev–Trinajstić information content (AvgIpc) is 2.80. The summed E-state index contributed by atoms with van der Waals surface area (Å²) in [5.74, 6) is 0.476. The molecule has 0 aliphatic carbocycles. The van der Waals surface area contributed by atoms with Gasteiger partial charge in [-0.15, -0.1) is 0 Å². The van der Waals surface area contributed by atoms with Crippen molar-refractivity contribution in [1.29, 1.82) is 0 Å². The van der Waals surface area contributed by atoms with E-state index < -0.39 is 11.2 Å². The zero-order valence-electron chi connectivity index (χ0n) is 9.30. The first kappa shape index (κ1) is 11.4. The van der Waals surface area contributed by atoms with Gasteiger partial charge in [-0.25, -0.2) is 4.79 Å². The van der Waals surface area contributed by atoms with Gasteiger partial charge in [-0.05, 0) is 12.1 Å². The Balaban J connectivity index is 2.56. The molecule has 2 heterocycles. The summed E-state index contributed by atoms with van der Waals surface area (Å²) in [5, 5.41) is 0. The van der Waals surface area contributed by atoms with Crippen molar-refractivity contribution < 1.29 is 9.15 Å². The van der Waals surface area contributed by atoms with Gasteiger partial charge in [0.15, 0.2) is 5.76 Å². The predicted octanol–water partition coefficient (Wildman–Crippen LogP) is 0.443. The number of nitrogens with one attached hydrogen (secondary N) is 1. The standard InChI is InChI=1S/C11H12N2O4/c1-16-6-4-13-8(9-3-2-5-17-9)7-10(14)12-11(13)15/h2-3,5,7H,4,6H2,1H3,(H,12,14,15). The van der Waals surface area contributed by atoms with Crippen LogP contribution in [-0.4, -0.2) is 23.3 Å². The third-order valence-electron chi connectivity index (χ3n) is 2.33. The highest BCUT2D eigenvalue weighted by molar-refractivity contribution is 5.51. The van der Waals surface area contributed by atoms with Crippen LogP contribution in [0.25, 0.3) is 11.5 Å². The number of furan rings is 1. The van der Waals surface area contributed by atoms with Crippen molar-refractivity contribution in [3.05, 3.63) is 45.3 Å². The maximum absolute atomic E-state index is 11.7. The quantitative estimate of drug-likeness (QED) is 0.835. The molecule has 0 saturated heterocycles. The molecule has 0 aliphatic heterocycles. The molecule has 0 fully saturated rings. The highest BCUT2D eigenvalue weighted by Crippen LogP contribution is 2.16. The van der Waals surface area contributed by atoms with Crippen LogP contribution in [0.15, 0.2) is 38.5 Å². The Kier molecular flexibility index (Phi) is 3.24. The molecule has 0 bridgehead atoms. The van der Waals surface area contributed by atoms with E-state index in [1.54, 1.807) is 19.2 Å². The zero-order valence-corrected chi connectivity index (χ0v) is 9.30. The Bertz CT molecular complexity index is 595. The second kappa shape index (κ2) is 4.84. The number of ether oxygens (including phenoxy) is 1. The first-order chi connectivity index (χ1) is 8.22. The summed E-state index contributed by atoms with van der Waals surface area (Å²) in [6.45, 7) is 0.724. The number of aromatic amines is 1. The number of H-pyrrole nitrogens is 1. The molecule has 0 aromatic carbocycles. The van der Waals surface area contributed by atoms with E-state index in [0.29, 0.717) is 24.6 Å². The van der Waals surface area contributed by atoms with E-state index in [1.165, 1.54) is 16.9 Å². The summed E-state index contributed by atoms with van der Waals surface area (Å²) >= 11 is 0. The van der Waals surface area contributed by atoms with Gasteiger partial charge in [-0.3, -0.25) is 14.3 Å². The van der Waals surface area contributed by atoms with E-state index in [9.17, 15) is 9.59 Å². The minimum atomic E-state index is -0.471. The first-order valence-corrected chi connectivity index (χ1v) is 5.09. The molecule has 0 unspecified atom stereocenters. The van der Waals surface area contributed by atoms with Crippen molar-refractivity contribution in [2.45, 2.75) is 6.54 Å². The van der Waals surface area contributed by atoms with Gasteiger partial charge in [0.2, 0.25) is 0 Å². The fraction of sp³-hybridized carbons (Fsp3) is 0.273. The fourth-order valence-electron chi connectivity index (χ4n) is 1.55. The van der Waals surface area contributed by atoms with Crippen molar-refractivity contribution in [2.24, 2.45) is 0 Å². The third-order valence-corrected chi connectivity index (χ3v) is 2.33. The summed E-state index contributed by atoms with van der Waals surface area (Å²) in [6.07, 6.45) is 1.49. The lowest BCUT2D eigenvalue weighted by Gasteiger charge is -2.09. The van der Waals surface area contributed by atoms with Crippen molar-refractivity contribution in [1.82, 2.24) is 9.55 Å². The molecule has 0 saturated carbocycles. The largest absolute Gasteiger partial charge is 0.463 e. The third kappa shape index (κ3) is 2.36. The smallest absolute Gasteiger partial charge is 0.328 e. The molecule has 1 N–H and O–H groups in total.